The van der Waals surface area contributed by atoms with Crippen LogP contribution in [0.4, 0.5) is 0 Å². The molecule has 1 aliphatic rings. The fourth-order valence-corrected chi connectivity index (χ4v) is 3.55. The van der Waals surface area contributed by atoms with Crippen molar-refractivity contribution in [1.82, 2.24) is 15.2 Å². The van der Waals surface area contributed by atoms with E-state index >= 15 is 0 Å². The summed E-state index contributed by atoms with van der Waals surface area (Å²) >= 11 is 0. The number of ether oxygens (including phenoxy) is 1. The van der Waals surface area contributed by atoms with Crippen molar-refractivity contribution in [3.05, 3.63) is 35.7 Å². The number of nitrogens with zero attached hydrogens (tertiary/aromatic N) is 2. The Morgan fingerprint density at radius 3 is 2.86 bits per heavy atom. The normalized spacial score (nSPS) is 16.7. The fourth-order valence-electron chi connectivity index (χ4n) is 3.55. The Morgan fingerprint density at radius 2 is 2.14 bits per heavy atom. The number of carbonyl (C=O) groups excluding carboxylic acids is 1. The van der Waals surface area contributed by atoms with E-state index in [1.807, 2.05) is 31.2 Å². The summed E-state index contributed by atoms with van der Waals surface area (Å²) in [7, 11) is 1.63. The number of carbonyl (C=O) groups is 1. The molecule has 6 nitrogen and oxygen atoms in total. The monoisotopic (exact) mass is 385 g/mol. The Balaban J connectivity index is 1.55. The molecule has 3 rings (SSSR count). The molecule has 28 heavy (non-hydrogen) atoms. The van der Waals surface area contributed by atoms with Crippen molar-refractivity contribution in [2.75, 3.05) is 26.7 Å². The number of hydrogen-bond acceptors (Lipinski definition) is 5. The number of hydrogen-bond donors (Lipinski definition) is 1. The average Bonchev–Trinajstić information content (AvgIpc) is 3.07. The van der Waals surface area contributed by atoms with E-state index in [0.717, 1.165) is 30.3 Å². The van der Waals surface area contributed by atoms with Crippen LogP contribution < -0.4 is 10.1 Å². The van der Waals surface area contributed by atoms with Crippen LogP contribution in [0.3, 0.4) is 0 Å². The molecule has 1 N–H and O–H groups in total. The second-order valence-electron chi connectivity index (χ2n) is 7.80. The SMILES string of the molecule is COc1cccc(-c2nc(CC(=O)NCC(C)N3CCC(C)CC3)c(C)o2)c1. The first-order valence-corrected chi connectivity index (χ1v) is 10.1. The van der Waals surface area contributed by atoms with Crippen LogP contribution in [0.5, 0.6) is 5.75 Å². The Morgan fingerprint density at radius 1 is 1.39 bits per heavy atom. The van der Waals surface area contributed by atoms with Gasteiger partial charge in [-0.05, 0) is 63.9 Å². The number of rotatable bonds is 7. The summed E-state index contributed by atoms with van der Waals surface area (Å²) in [6.07, 6.45) is 2.70. The molecule has 1 fully saturated rings. The number of methoxy groups -OCH3 is 1. The van der Waals surface area contributed by atoms with Gasteiger partial charge in [0.1, 0.15) is 11.5 Å². The molecule has 1 unspecified atom stereocenters. The van der Waals surface area contributed by atoms with Gasteiger partial charge in [0.2, 0.25) is 11.8 Å². The van der Waals surface area contributed by atoms with Crippen LogP contribution in [0.15, 0.2) is 28.7 Å². The summed E-state index contributed by atoms with van der Waals surface area (Å²) in [5.74, 6) is 2.72. The number of oxazole rings is 1. The molecule has 1 saturated heterocycles. The maximum atomic E-state index is 12.4. The zero-order valence-electron chi connectivity index (χ0n) is 17.3. The van der Waals surface area contributed by atoms with Crippen LogP contribution in [-0.2, 0) is 11.2 Å². The van der Waals surface area contributed by atoms with Gasteiger partial charge >= 0.3 is 0 Å². The number of piperidine rings is 1. The number of nitrogens with one attached hydrogen (secondary N) is 1. The lowest BCUT2D eigenvalue weighted by molar-refractivity contribution is -0.120. The maximum absolute atomic E-state index is 12.4. The van der Waals surface area contributed by atoms with Crippen LogP contribution in [0.1, 0.15) is 38.1 Å². The Labute approximate surface area is 167 Å². The molecule has 0 spiro atoms. The van der Waals surface area contributed by atoms with E-state index in [1.165, 1.54) is 12.8 Å². The third-order valence-electron chi connectivity index (χ3n) is 5.57. The highest BCUT2D eigenvalue weighted by molar-refractivity contribution is 5.78. The number of aromatic nitrogens is 1. The zero-order chi connectivity index (χ0) is 20.1. The molecule has 152 valence electrons. The number of benzene rings is 1. The van der Waals surface area contributed by atoms with E-state index in [1.54, 1.807) is 7.11 Å². The van der Waals surface area contributed by atoms with Crippen molar-refractivity contribution < 1.29 is 13.9 Å². The summed E-state index contributed by atoms with van der Waals surface area (Å²) in [4.78, 5) is 19.4. The first-order chi connectivity index (χ1) is 13.5. The highest BCUT2D eigenvalue weighted by atomic mass is 16.5. The quantitative estimate of drug-likeness (QED) is 0.791. The number of aryl methyl sites for hydroxylation is 1. The van der Waals surface area contributed by atoms with Gasteiger partial charge in [0.05, 0.1) is 19.2 Å². The van der Waals surface area contributed by atoms with Crippen LogP contribution >= 0.6 is 0 Å². The fraction of sp³-hybridized carbons (Fsp3) is 0.545. The van der Waals surface area contributed by atoms with Crippen molar-refractivity contribution in [2.45, 2.75) is 46.1 Å². The maximum Gasteiger partial charge on any atom is 0.226 e. The van der Waals surface area contributed by atoms with Crippen molar-refractivity contribution in [3.8, 4) is 17.2 Å². The van der Waals surface area contributed by atoms with E-state index in [4.69, 9.17) is 9.15 Å². The second kappa shape index (κ2) is 9.24. The molecule has 0 radical (unpaired) electrons. The molecule has 6 heteroatoms. The molecule has 1 aliphatic heterocycles. The van der Waals surface area contributed by atoms with E-state index in [-0.39, 0.29) is 12.3 Å². The third kappa shape index (κ3) is 5.13. The van der Waals surface area contributed by atoms with Gasteiger partial charge in [0.15, 0.2) is 0 Å². The highest BCUT2D eigenvalue weighted by Gasteiger charge is 2.21. The zero-order valence-corrected chi connectivity index (χ0v) is 17.3. The molecule has 2 aromatic rings. The Hall–Kier alpha value is -2.34. The third-order valence-corrected chi connectivity index (χ3v) is 5.57. The van der Waals surface area contributed by atoms with Crippen molar-refractivity contribution in [3.63, 3.8) is 0 Å². The number of amides is 1. The van der Waals surface area contributed by atoms with Gasteiger partial charge < -0.3 is 14.5 Å². The lowest BCUT2D eigenvalue weighted by Crippen LogP contribution is -2.45. The largest absolute Gasteiger partial charge is 0.497 e. The summed E-state index contributed by atoms with van der Waals surface area (Å²) in [5, 5.41) is 3.05. The Kier molecular flexibility index (Phi) is 6.73. The molecular weight excluding hydrogens is 354 g/mol. The minimum atomic E-state index is -0.0224. The van der Waals surface area contributed by atoms with Gasteiger partial charge in [0, 0.05) is 18.2 Å². The second-order valence-corrected chi connectivity index (χ2v) is 7.80. The van der Waals surface area contributed by atoms with Crippen LogP contribution in [0.25, 0.3) is 11.5 Å². The van der Waals surface area contributed by atoms with E-state index in [9.17, 15) is 4.79 Å². The van der Waals surface area contributed by atoms with Gasteiger partial charge in [-0.1, -0.05) is 13.0 Å². The molecule has 0 aliphatic carbocycles. The lowest BCUT2D eigenvalue weighted by atomic mass is 9.98. The molecule has 1 aromatic heterocycles. The minimum Gasteiger partial charge on any atom is -0.497 e. The molecule has 1 aromatic carbocycles. The number of likely N-dealkylation sites (tertiary alicyclic amines) is 1. The predicted octanol–water partition coefficient (Wildman–Crippen LogP) is 3.44. The van der Waals surface area contributed by atoms with E-state index < -0.39 is 0 Å². The molecule has 0 bridgehead atoms. The van der Waals surface area contributed by atoms with Gasteiger partial charge in [-0.3, -0.25) is 9.69 Å². The first kappa shape index (κ1) is 20.4. The molecular formula is C22H31N3O3. The van der Waals surface area contributed by atoms with Crippen molar-refractivity contribution in [1.29, 1.82) is 0 Å². The molecule has 1 atom stereocenters. The summed E-state index contributed by atoms with van der Waals surface area (Å²) in [6.45, 7) is 9.22. The highest BCUT2D eigenvalue weighted by Crippen LogP contribution is 2.25. The Bertz CT molecular complexity index is 794. The summed E-state index contributed by atoms with van der Waals surface area (Å²) < 4.78 is 11.0. The lowest BCUT2D eigenvalue weighted by Gasteiger charge is -2.35. The molecule has 1 amide bonds. The molecule has 0 saturated carbocycles. The van der Waals surface area contributed by atoms with Crippen molar-refractivity contribution in [2.24, 2.45) is 5.92 Å². The molecule has 2 heterocycles. The van der Waals surface area contributed by atoms with Crippen LogP contribution in [-0.4, -0.2) is 48.6 Å². The van der Waals surface area contributed by atoms with Crippen molar-refractivity contribution >= 4 is 5.91 Å². The summed E-state index contributed by atoms with van der Waals surface area (Å²) in [5.41, 5.74) is 1.51. The summed E-state index contributed by atoms with van der Waals surface area (Å²) in [6, 6.07) is 7.90. The van der Waals surface area contributed by atoms with Gasteiger partial charge in [-0.15, -0.1) is 0 Å². The van der Waals surface area contributed by atoms with E-state index in [2.05, 4.69) is 29.0 Å². The topological polar surface area (TPSA) is 67.6 Å². The van der Waals surface area contributed by atoms with Gasteiger partial charge in [0.25, 0.3) is 0 Å². The van der Waals surface area contributed by atoms with Gasteiger partial charge in [-0.25, -0.2) is 4.98 Å². The van der Waals surface area contributed by atoms with E-state index in [0.29, 0.717) is 29.9 Å². The predicted molar refractivity (Wildman–Crippen MR) is 109 cm³/mol. The van der Waals surface area contributed by atoms with Crippen LogP contribution in [0, 0.1) is 12.8 Å². The average molecular weight is 386 g/mol. The van der Waals surface area contributed by atoms with Crippen LogP contribution in [0.2, 0.25) is 0 Å². The minimum absolute atomic E-state index is 0.0224. The standard InChI is InChI=1S/C22H31N3O3/c1-15-8-10-25(11-9-15)16(2)14-23-21(26)13-20-17(3)28-22(24-20)18-6-5-7-19(12-18)27-4/h5-7,12,15-16H,8-11,13-14H2,1-4H3,(H,23,26). The smallest absolute Gasteiger partial charge is 0.226 e. The van der Waals surface area contributed by atoms with Gasteiger partial charge in [-0.2, -0.15) is 0 Å². The first-order valence-electron chi connectivity index (χ1n) is 10.1.